The van der Waals surface area contributed by atoms with Gasteiger partial charge in [0.1, 0.15) is 0 Å². The van der Waals surface area contributed by atoms with Gasteiger partial charge < -0.3 is 24.8 Å². The van der Waals surface area contributed by atoms with Crippen LogP contribution < -0.4 is 24.8 Å². The molecule has 0 amide bonds. The third-order valence-electron chi connectivity index (χ3n) is 7.86. The number of aryl methyl sites for hydroxylation is 2. The molecule has 0 saturated carbocycles. The van der Waals surface area contributed by atoms with Crippen LogP contribution in [0.2, 0.25) is 0 Å². The van der Waals surface area contributed by atoms with Gasteiger partial charge in [0, 0.05) is 0 Å². The molecule has 1 aliphatic rings. The van der Waals surface area contributed by atoms with E-state index in [2.05, 4.69) is 192 Å². The van der Waals surface area contributed by atoms with Crippen LogP contribution in [0, 0.1) is 27.1 Å². The molecule has 0 fully saturated rings. The molecule has 6 rings (SSSR count). The molecule has 5 heteroatoms. The third kappa shape index (κ3) is 10.8. The topological polar surface area (TPSA) is 0 Å². The fraction of sp³-hybridized carbons (Fsp3) is 0.268. The number of allylic oxidation sites excluding steroid dienone is 4. The monoisotopic (exact) mass is 948 g/mol. The predicted molar refractivity (Wildman–Crippen MR) is 207 cm³/mol. The molecule has 1 aliphatic carbocycles. The summed E-state index contributed by atoms with van der Waals surface area (Å²) in [6, 6.07) is 29.4. The summed E-state index contributed by atoms with van der Waals surface area (Å²) in [5.74, 6) is 0. The predicted octanol–water partition coefficient (Wildman–Crippen LogP) is 6.25. The van der Waals surface area contributed by atoms with Crippen molar-refractivity contribution in [1.82, 2.24) is 0 Å². The van der Waals surface area contributed by atoms with Crippen molar-refractivity contribution >= 4 is 69.9 Å². The van der Waals surface area contributed by atoms with E-state index in [0.717, 1.165) is 6.42 Å². The van der Waals surface area contributed by atoms with Crippen LogP contribution in [-0.4, -0.2) is 3.21 Å². The van der Waals surface area contributed by atoms with Gasteiger partial charge in [-0.2, -0.15) is 6.08 Å². The molecule has 0 spiro atoms. The van der Waals surface area contributed by atoms with E-state index in [0.29, 0.717) is 0 Å². The number of rotatable bonds is 2. The number of hydrogen-bond donors (Lipinski definition) is 0. The molecule has 0 radical (unpaired) electrons. The zero-order chi connectivity index (χ0) is 32.2. The fourth-order valence-corrected chi connectivity index (χ4v) is 7.23. The van der Waals surface area contributed by atoms with Gasteiger partial charge in [0.15, 0.2) is 0 Å². The van der Waals surface area contributed by atoms with Gasteiger partial charge in [-0.15, -0.1) is 46.2 Å². The Labute approximate surface area is 331 Å². The minimum atomic E-state index is 0. The maximum atomic E-state index is 2.99. The molecule has 0 nitrogen and oxygen atoms in total. The Kier molecular flexibility index (Phi) is 15.8. The molecule has 5 aromatic rings. The average molecular weight is 951 g/mol. The minimum absolute atomic E-state index is 0. The Hall–Kier alpha value is -0.977. The molecule has 0 N–H and O–H groups in total. The molecule has 46 heavy (non-hydrogen) atoms. The Morgan fingerprint density at radius 2 is 1.07 bits per heavy atom. The van der Waals surface area contributed by atoms with Crippen LogP contribution in [0.15, 0.2) is 97.1 Å². The Bertz CT molecular complexity index is 1700. The second-order valence-electron chi connectivity index (χ2n) is 13.5. The van der Waals surface area contributed by atoms with Gasteiger partial charge in [0.2, 0.25) is 0 Å². The van der Waals surface area contributed by atoms with Crippen LogP contribution in [0.1, 0.15) is 81.3 Å². The van der Waals surface area contributed by atoms with Crippen molar-refractivity contribution in [3.63, 3.8) is 0 Å². The van der Waals surface area contributed by atoms with Gasteiger partial charge in [0.25, 0.3) is 0 Å². The summed E-state index contributed by atoms with van der Waals surface area (Å²) in [7, 11) is 0. The zero-order valence-corrected chi connectivity index (χ0v) is 36.2. The molecule has 0 saturated heterocycles. The molecule has 0 aromatic heterocycles. The van der Waals surface area contributed by atoms with E-state index in [-0.39, 0.29) is 35.6 Å². The van der Waals surface area contributed by atoms with Crippen molar-refractivity contribution in [3.8, 4) is 0 Å². The normalized spacial score (nSPS) is 12.1. The van der Waals surface area contributed by atoms with Gasteiger partial charge in [-0.3, -0.25) is 6.08 Å². The van der Waals surface area contributed by atoms with Crippen molar-refractivity contribution in [2.75, 3.05) is 0 Å². The quantitative estimate of drug-likeness (QED) is 0.145. The van der Waals surface area contributed by atoms with Crippen LogP contribution in [0.3, 0.4) is 0 Å². The van der Waals surface area contributed by atoms with Crippen LogP contribution in [0.5, 0.6) is 0 Å². The first kappa shape index (κ1) is 41.2. The zero-order valence-electron chi connectivity index (χ0n) is 28.0. The van der Waals surface area contributed by atoms with Gasteiger partial charge in [-0.1, -0.05) is 75.9 Å². The summed E-state index contributed by atoms with van der Waals surface area (Å²) < 4.78 is 3.99. The van der Waals surface area contributed by atoms with Gasteiger partial charge in [0.05, 0.1) is 0 Å². The molecule has 0 aliphatic heterocycles. The summed E-state index contributed by atoms with van der Waals surface area (Å²) in [4.78, 5) is 0. The summed E-state index contributed by atoms with van der Waals surface area (Å²) in [6.45, 7) is 18.3. The SMILES string of the molecule is Cc1cc2[cH-]c3cc(C)c(C(C)(C)C)cc3c2cc1C(C)(C)C.[C-]1=CC=CC1.[Cl-].[Cl-].[Zr+2]=[C](c1ccc(I)cc1)c1ccc(I)cc1. The van der Waals surface area contributed by atoms with E-state index < -0.39 is 0 Å². The maximum absolute atomic E-state index is 2.99. The molecule has 5 aromatic carbocycles. The second-order valence-corrected chi connectivity index (χ2v) is 17.3. The summed E-state index contributed by atoms with van der Waals surface area (Å²) in [5, 5.41) is 5.55. The van der Waals surface area contributed by atoms with Crippen molar-refractivity contribution in [2.24, 2.45) is 0 Å². The van der Waals surface area contributed by atoms with Gasteiger partial charge in [-0.05, 0) is 24.7 Å². The Morgan fingerprint density at radius 3 is 1.35 bits per heavy atom. The van der Waals surface area contributed by atoms with Crippen molar-refractivity contribution < 1.29 is 49.0 Å². The van der Waals surface area contributed by atoms with E-state index in [1.54, 1.807) is 0 Å². The molecule has 0 heterocycles. The van der Waals surface area contributed by atoms with Crippen molar-refractivity contribution in [1.29, 1.82) is 0 Å². The Morgan fingerprint density at radius 1 is 0.674 bits per heavy atom. The second kappa shape index (κ2) is 17.6. The standard InChI is InChI=1S/C23H29.C13H8I2.C5H5.2ClH.Zr/c1-14-9-16-11-17-10-15(2)21(23(6,7)8)13-19(17)18(16)12-20(14)22(3,4)5;14-12-5-1-10(2-6-12)9-11-3-7-13(15)8-4-11;1-2-4-5-3-1;;;/h9-13H,1-8H3;1-8H;1-3H,4H2;2*1H;/q-1;;-1;;;+2/p-2. The van der Waals surface area contributed by atoms with Crippen LogP contribution in [0.4, 0.5) is 0 Å². The number of halogens is 4. The van der Waals surface area contributed by atoms with E-state index in [9.17, 15) is 0 Å². The molecule has 0 bridgehead atoms. The first-order valence-corrected chi connectivity index (χ1v) is 18.5. The number of hydrogen-bond acceptors (Lipinski definition) is 0. The third-order valence-corrected chi connectivity index (χ3v) is 10.7. The van der Waals surface area contributed by atoms with Crippen molar-refractivity contribution in [3.05, 3.63) is 144 Å². The summed E-state index contributed by atoms with van der Waals surface area (Å²) in [6.07, 6.45) is 10.0. The van der Waals surface area contributed by atoms with E-state index >= 15 is 0 Å². The van der Waals surface area contributed by atoms with Crippen LogP contribution >= 0.6 is 45.2 Å². The first-order chi connectivity index (χ1) is 20.6. The number of benzene rings is 4. The van der Waals surface area contributed by atoms with E-state index in [1.165, 1.54) is 89.5 Å². The molecular formula is C41H42Cl2I2Zr-2. The van der Waals surface area contributed by atoms with E-state index in [1.807, 2.05) is 12.2 Å². The fourth-order valence-electron chi connectivity index (χ4n) is 5.69. The molecule has 0 atom stereocenters. The van der Waals surface area contributed by atoms with Gasteiger partial charge >= 0.3 is 139 Å². The average Bonchev–Trinajstić information content (AvgIpc) is 3.63. The summed E-state index contributed by atoms with van der Waals surface area (Å²) in [5.41, 5.74) is 8.73. The number of fused-ring (bicyclic) bond motifs is 3. The molecule has 240 valence electrons. The van der Waals surface area contributed by atoms with Crippen molar-refractivity contribution in [2.45, 2.75) is 72.6 Å². The summed E-state index contributed by atoms with van der Waals surface area (Å²) >= 11 is 6.13. The Balaban J connectivity index is 0.000000278. The van der Waals surface area contributed by atoms with E-state index in [4.69, 9.17) is 0 Å². The van der Waals surface area contributed by atoms with Crippen LogP contribution in [0.25, 0.3) is 21.5 Å². The molecular weight excluding hydrogens is 908 g/mol. The van der Waals surface area contributed by atoms with Gasteiger partial charge in [-0.25, -0.2) is 12.2 Å². The van der Waals surface area contributed by atoms with Crippen LogP contribution in [-0.2, 0) is 35.1 Å². The molecule has 0 unspecified atom stereocenters. The first-order valence-electron chi connectivity index (χ1n) is 15.1.